The molecule has 0 aliphatic carbocycles. The van der Waals surface area contributed by atoms with Gasteiger partial charge in [0.1, 0.15) is 0 Å². The van der Waals surface area contributed by atoms with Gasteiger partial charge in [-0.1, -0.05) is 0 Å². The van der Waals surface area contributed by atoms with Gasteiger partial charge in [0.05, 0.1) is 12.2 Å². The number of ether oxygens (including phenoxy) is 2. The summed E-state index contributed by atoms with van der Waals surface area (Å²) in [5, 5.41) is 0. The summed E-state index contributed by atoms with van der Waals surface area (Å²) in [6.07, 6.45) is 1.13. The zero-order chi connectivity index (χ0) is 10.4. The Morgan fingerprint density at radius 1 is 1.43 bits per heavy atom. The van der Waals surface area contributed by atoms with Crippen LogP contribution in [0.25, 0.3) is 0 Å². The zero-order valence-corrected chi connectivity index (χ0v) is 9.71. The first-order valence-corrected chi connectivity index (χ1v) is 5.58. The first kappa shape index (κ1) is 12.0. The zero-order valence-electron chi connectivity index (χ0n) is 9.71. The third-order valence-corrected chi connectivity index (χ3v) is 2.47. The first-order valence-electron chi connectivity index (χ1n) is 5.58. The summed E-state index contributed by atoms with van der Waals surface area (Å²) in [6, 6.07) is 0. The fourth-order valence-electron chi connectivity index (χ4n) is 1.84. The molecule has 0 saturated carbocycles. The smallest absolute Gasteiger partial charge is 0.0753 e. The van der Waals surface area contributed by atoms with Gasteiger partial charge >= 0.3 is 0 Å². The van der Waals surface area contributed by atoms with E-state index in [0.717, 1.165) is 45.9 Å². The van der Waals surface area contributed by atoms with E-state index in [1.54, 1.807) is 0 Å². The average molecular weight is 201 g/mol. The molecule has 1 aliphatic rings. The minimum atomic E-state index is 0.0316. The van der Waals surface area contributed by atoms with Crippen molar-refractivity contribution in [2.75, 3.05) is 39.5 Å². The predicted octanol–water partition coefficient (Wildman–Crippen LogP) is 1.52. The maximum Gasteiger partial charge on any atom is 0.0753 e. The van der Waals surface area contributed by atoms with Gasteiger partial charge in [0.2, 0.25) is 0 Å². The minimum Gasteiger partial charge on any atom is -0.382 e. The molecule has 14 heavy (non-hydrogen) atoms. The molecular weight excluding hydrogens is 178 g/mol. The molecule has 0 aromatic heterocycles. The molecule has 0 aromatic rings. The summed E-state index contributed by atoms with van der Waals surface area (Å²) < 4.78 is 11.0. The normalized spacial score (nSPS) is 22.5. The third kappa shape index (κ3) is 4.40. The Labute approximate surface area is 87.4 Å². The Morgan fingerprint density at radius 3 is 2.86 bits per heavy atom. The van der Waals surface area contributed by atoms with Crippen molar-refractivity contribution in [1.29, 1.82) is 0 Å². The van der Waals surface area contributed by atoms with E-state index in [1.165, 1.54) is 0 Å². The van der Waals surface area contributed by atoms with Gasteiger partial charge in [-0.25, -0.2) is 0 Å². The molecule has 84 valence electrons. The van der Waals surface area contributed by atoms with Crippen LogP contribution in [0, 0.1) is 0 Å². The maximum atomic E-state index is 5.65. The van der Waals surface area contributed by atoms with Crippen molar-refractivity contribution >= 4 is 0 Å². The van der Waals surface area contributed by atoms with Crippen LogP contribution in [0.5, 0.6) is 0 Å². The number of nitrogens with zero attached hydrogens (tertiary/aromatic N) is 1. The van der Waals surface area contributed by atoms with Crippen molar-refractivity contribution in [2.45, 2.75) is 32.8 Å². The van der Waals surface area contributed by atoms with Crippen LogP contribution in [-0.2, 0) is 9.47 Å². The molecule has 0 bridgehead atoms. The largest absolute Gasteiger partial charge is 0.382 e. The highest BCUT2D eigenvalue weighted by Gasteiger charge is 2.26. The summed E-state index contributed by atoms with van der Waals surface area (Å²) in [6.45, 7) is 12.2. The molecule has 0 aromatic carbocycles. The standard InChI is InChI=1S/C11H23NO2/c1-4-13-8-5-6-12-7-9-14-11(2,3)10-12/h4-10H2,1-3H3. The van der Waals surface area contributed by atoms with Crippen LogP contribution in [0.3, 0.4) is 0 Å². The lowest BCUT2D eigenvalue weighted by molar-refractivity contribution is -0.0869. The van der Waals surface area contributed by atoms with E-state index >= 15 is 0 Å². The van der Waals surface area contributed by atoms with Crippen LogP contribution < -0.4 is 0 Å². The fourth-order valence-corrected chi connectivity index (χ4v) is 1.84. The van der Waals surface area contributed by atoms with Crippen molar-refractivity contribution < 1.29 is 9.47 Å². The Kier molecular flexibility index (Phi) is 4.85. The molecule has 0 spiro atoms. The molecule has 3 heteroatoms. The van der Waals surface area contributed by atoms with Crippen LogP contribution >= 0.6 is 0 Å². The molecule has 0 N–H and O–H groups in total. The average Bonchev–Trinajstić information content (AvgIpc) is 2.11. The van der Waals surface area contributed by atoms with Gasteiger partial charge in [0.25, 0.3) is 0 Å². The predicted molar refractivity (Wildman–Crippen MR) is 57.6 cm³/mol. The molecule has 0 radical (unpaired) electrons. The van der Waals surface area contributed by atoms with Gasteiger partial charge in [0, 0.05) is 32.8 Å². The molecule has 0 amide bonds. The lowest BCUT2D eigenvalue weighted by atomic mass is 10.1. The molecule has 1 saturated heterocycles. The Balaban J connectivity index is 2.12. The van der Waals surface area contributed by atoms with Crippen LogP contribution in [0.15, 0.2) is 0 Å². The van der Waals surface area contributed by atoms with Crippen molar-refractivity contribution in [3.63, 3.8) is 0 Å². The van der Waals surface area contributed by atoms with Gasteiger partial charge in [-0.15, -0.1) is 0 Å². The van der Waals surface area contributed by atoms with Gasteiger partial charge in [-0.2, -0.15) is 0 Å². The van der Waals surface area contributed by atoms with E-state index in [-0.39, 0.29) is 5.60 Å². The second-order valence-corrected chi connectivity index (χ2v) is 4.43. The topological polar surface area (TPSA) is 21.7 Å². The van der Waals surface area contributed by atoms with Gasteiger partial charge < -0.3 is 9.47 Å². The number of hydrogen-bond donors (Lipinski definition) is 0. The number of hydrogen-bond acceptors (Lipinski definition) is 3. The minimum absolute atomic E-state index is 0.0316. The van der Waals surface area contributed by atoms with E-state index < -0.39 is 0 Å². The molecule has 1 fully saturated rings. The first-order chi connectivity index (χ1) is 6.64. The van der Waals surface area contributed by atoms with Gasteiger partial charge in [-0.05, 0) is 27.2 Å². The Morgan fingerprint density at radius 2 is 2.21 bits per heavy atom. The molecule has 0 atom stereocenters. The van der Waals surface area contributed by atoms with E-state index in [2.05, 4.69) is 18.7 Å². The van der Waals surface area contributed by atoms with Gasteiger partial charge in [0.15, 0.2) is 0 Å². The monoisotopic (exact) mass is 201 g/mol. The van der Waals surface area contributed by atoms with Crippen LogP contribution in [0.2, 0.25) is 0 Å². The highest BCUT2D eigenvalue weighted by Crippen LogP contribution is 2.16. The second kappa shape index (κ2) is 5.69. The number of morpholine rings is 1. The highest BCUT2D eigenvalue weighted by molar-refractivity contribution is 4.78. The molecule has 0 unspecified atom stereocenters. The number of rotatable bonds is 5. The molecule has 1 heterocycles. The maximum absolute atomic E-state index is 5.65. The lowest BCUT2D eigenvalue weighted by Crippen LogP contribution is -2.48. The van der Waals surface area contributed by atoms with Crippen molar-refractivity contribution in [1.82, 2.24) is 4.90 Å². The SMILES string of the molecule is CCOCCCN1CCOC(C)(C)C1. The summed E-state index contributed by atoms with van der Waals surface area (Å²) in [7, 11) is 0. The van der Waals surface area contributed by atoms with Crippen molar-refractivity contribution in [3.8, 4) is 0 Å². The van der Waals surface area contributed by atoms with Crippen molar-refractivity contribution in [2.24, 2.45) is 0 Å². The van der Waals surface area contributed by atoms with Crippen LogP contribution in [0.1, 0.15) is 27.2 Å². The highest BCUT2D eigenvalue weighted by atomic mass is 16.5. The van der Waals surface area contributed by atoms with E-state index in [1.807, 2.05) is 6.92 Å². The summed E-state index contributed by atoms with van der Waals surface area (Å²) in [4.78, 5) is 2.46. The van der Waals surface area contributed by atoms with Crippen molar-refractivity contribution in [3.05, 3.63) is 0 Å². The fraction of sp³-hybridized carbons (Fsp3) is 1.00. The molecule has 3 nitrogen and oxygen atoms in total. The third-order valence-electron chi connectivity index (χ3n) is 2.47. The van der Waals surface area contributed by atoms with E-state index in [0.29, 0.717) is 0 Å². The van der Waals surface area contributed by atoms with Gasteiger partial charge in [-0.3, -0.25) is 4.90 Å². The summed E-state index contributed by atoms with van der Waals surface area (Å²) in [5.74, 6) is 0. The lowest BCUT2D eigenvalue weighted by Gasteiger charge is -2.38. The van der Waals surface area contributed by atoms with Crippen LogP contribution in [0.4, 0.5) is 0 Å². The Bertz CT molecular complexity index is 159. The second-order valence-electron chi connectivity index (χ2n) is 4.43. The molecule has 1 aliphatic heterocycles. The Hall–Kier alpha value is -0.120. The van der Waals surface area contributed by atoms with E-state index in [4.69, 9.17) is 9.47 Å². The quantitative estimate of drug-likeness (QED) is 0.630. The summed E-state index contributed by atoms with van der Waals surface area (Å²) in [5.41, 5.74) is 0.0316. The summed E-state index contributed by atoms with van der Waals surface area (Å²) >= 11 is 0. The molecule has 1 rings (SSSR count). The van der Waals surface area contributed by atoms with E-state index in [9.17, 15) is 0 Å². The molecular formula is C11H23NO2. The van der Waals surface area contributed by atoms with Crippen LogP contribution in [-0.4, -0.2) is 50.0 Å².